The maximum absolute atomic E-state index is 14.9. The molecule has 0 heterocycles. The standard InChI is InChI=1S/C34H25F18N3O3S/c35-29(36,37)13-53-27-10-9-23(22-8-6-21(12-25(22)27)59(56,57)58)28(18-1-3-19(4-2-18)54(14-30(38,39)40)15-31(41,42)43)24-7-5-20(11-26(24)34(50,51)52)55(16-32(44,45)46)17-33(47,48)49/h1-12,28,53H,13-17H2,(H,56,57,58). The van der Waals surface area contributed by atoms with Crippen LogP contribution in [-0.4, -0.2) is 76.6 Å². The van der Waals surface area contributed by atoms with Crippen molar-refractivity contribution in [2.75, 3.05) is 47.8 Å². The smallest absolute Gasteiger partial charge is 0.376 e. The van der Waals surface area contributed by atoms with Crippen molar-refractivity contribution in [1.29, 1.82) is 0 Å². The second kappa shape index (κ2) is 16.3. The van der Waals surface area contributed by atoms with Gasteiger partial charge >= 0.3 is 37.1 Å². The van der Waals surface area contributed by atoms with Crippen LogP contribution in [0.1, 0.15) is 28.2 Å². The van der Waals surface area contributed by atoms with Gasteiger partial charge in [-0.05, 0) is 64.5 Å². The van der Waals surface area contributed by atoms with Gasteiger partial charge in [0.15, 0.2) is 0 Å². The van der Waals surface area contributed by atoms with Crippen LogP contribution >= 0.6 is 0 Å². The zero-order valence-electron chi connectivity index (χ0n) is 28.9. The second-order valence-electron chi connectivity index (χ2n) is 12.8. The lowest BCUT2D eigenvalue weighted by Crippen LogP contribution is -2.40. The Hall–Kier alpha value is -4.81. The molecule has 1 unspecified atom stereocenters. The van der Waals surface area contributed by atoms with Gasteiger partial charge in [-0.2, -0.15) is 87.4 Å². The molecular formula is C34H25F18N3O3S. The highest BCUT2D eigenvalue weighted by Gasteiger charge is 2.42. The van der Waals surface area contributed by atoms with Crippen molar-refractivity contribution in [3.05, 3.63) is 95.1 Å². The molecule has 0 aliphatic rings. The molecule has 0 bridgehead atoms. The van der Waals surface area contributed by atoms with Gasteiger partial charge in [0.05, 0.1) is 10.5 Å². The zero-order chi connectivity index (χ0) is 44.7. The molecule has 0 spiro atoms. The number of halogens is 18. The van der Waals surface area contributed by atoms with E-state index in [0.717, 1.165) is 30.3 Å². The molecule has 25 heteroatoms. The van der Waals surface area contributed by atoms with E-state index in [-0.39, 0.29) is 16.4 Å². The lowest BCUT2D eigenvalue weighted by atomic mass is 9.80. The lowest BCUT2D eigenvalue weighted by molar-refractivity contribution is -0.139. The molecule has 0 saturated heterocycles. The summed E-state index contributed by atoms with van der Waals surface area (Å²) >= 11 is 0. The normalized spacial score (nSPS) is 14.1. The average molecular weight is 898 g/mol. The second-order valence-corrected chi connectivity index (χ2v) is 14.2. The van der Waals surface area contributed by atoms with Gasteiger partial charge < -0.3 is 15.1 Å². The number of hydrogen-bond acceptors (Lipinski definition) is 5. The Morgan fingerprint density at radius 3 is 1.42 bits per heavy atom. The number of nitrogens with zero attached hydrogens (tertiary/aromatic N) is 2. The maximum Gasteiger partial charge on any atom is 0.416 e. The van der Waals surface area contributed by atoms with Crippen LogP contribution < -0.4 is 15.1 Å². The summed E-state index contributed by atoms with van der Waals surface area (Å²) in [6.07, 6.45) is -31.8. The number of rotatable bonds is 12. The van der Waals surface area contributed by atoms with E-state index in [1.54, 1.807) is 0 Å². The molecule has 59 heavy (non-hydrogen) atoms. The van der Waals surface area contributed by atoms with Crippen molar-refractivity contribution in [2.24, 2.45) is 0 Å². The molecule has 0 radical (unpaired) electrons. The molecule has 0 aromatic heterocycles. The van der Waals surface area contributed by atoms with Crippen LogP contribution in [0.4, 0.5) is 96.1 Å². The molecule has 0 aliphatic carbocycles. The van der Waals surface area contributed by atoms with Crippen molar-refractivity contribution in [2.45, 2.75) is 47.9 Å². The minimum absolute atomic E-state index is 0.0690. The summed E-state index contributed by atoms with van der Waals surface area (Å²) in [5.41, 5.74) is -6.34. The van der Waals surface area contributed by atoms with E-state index in [2.05, 4.69) is 0 Å². The van der Waals surface area contributed by atoms with Crippen LogP contribution in [0.15, 0.2) is 77.7 Å². The van der Waals surface area contributed by atoms with E-state index in [1.165, 1.54) is 0 Å². The number of anilines is 3. The molecule has 6 nitrogen and oxygen atoms in total. The number of nitrogens with one attached hydrogen (secondary N) is 1. The van der Waals surface area contributed by atoms with E-state index >= 15 is 0 Å². The third-order valence-corrected chi connectivity index (χ3v) is 9.05. The fourth-order valence-electron chi connectivity index (χ4n) is 6.10. The van der Waals surface area contributed by atoms with E-state index in [0.29, 0.717) is 36.4 Å². The first-order valence-corrected chi connectivity index (χ1v) is 17.5. The Morgan fingerprint density at radius 2 is 0.983 bits per heavy atom. The average Bonchev–Trinajstić information content (AvgIpc) is 3.03. The summed E-state index contributed by atoms with van der Waals surface area (Å²) in [6.45, 7) is -10.9. The van der Waals surface area contributed by atoms with Crippen molar-refractivity contribution >= 4 is 38.0 Å². The number of fused-ring (bicyclic) bond motifs is 1. The Labute approximate surface area is 320 Å². The van der Waals surface area contributed by atoms with Gasteiger partial charge in [-0.3, -0.25) is 4.55 Å². The van der Waals surface area contributed by atoms with Crippen LogP contribution in [0.5, 0.6) is 0 Å². The fraction of sp³-hybridized carbons (Fsp3) is 0.353. The summed E-state index contributed by atoms with van der Waals surface area (Å²) in [6, 6.07) is 7.38. The van der Waals surface area contributed by atoms with Gasteiger partial charge in [-0.15, -0.1) is 0 Å². The maximum atomic E-state index is 14.9. The van der Waals surface area contributed by atoms with Crippen LogP contribution in [0.2, 0.25) is 0 Å². The molecule has 2 N–H and O–H groups in total. The first kappa shape index (κ1) is 46.9. The first-order valence-electron chi connectivity index (χ1n) is 16.0. The van der Waals surface area contributed by atoms with Crippen molar-refractivity contribution in [3.63, 3.8) is 0 Å². The Balaban J connectivity index is 2.09. The zero-order valence-corrected chi connectivity index (χ0v) is 29.7. The number of benzene rings is 4. The first-order chi connectivity index (χ1) is 26.6. The quantitative estimate of drug-likeness (QED) is 0.0839. The molecular weight excluding hydrogens is 872 g/mol. The van der Waals surface area contributed by atoms with Crippen LogP contribution in [0.25, 0.3) is 10.8 Å². The van der Waals surface area contributed by atoms with Gasteiger partial charge in [0, 0.05) is 28.4 Å². The van der Waals surface area contributed by atoms with E-state index < -0.39 is 140 Å². The molecule has 0 saturated carbocycles. The van der Waals surface area contributed by atoms with Gasteiger partial charge in [0.2, 0.25) is 0 Å². The third kappa shape index (κ3) is 13.3. The highest BCUT2D eigenvalue weighted by atomic mass is 32.2. The molecule has 326 valence electrons. The summed E-state index contributed by atoms with van der Waals surface area (Å²) in [4.78, 5) is -1.59. The molecule has 4 aromatic carbocycles. The minimum atomic E-state index is -5.63. The van der Waals surface area contributed by atoms with Crippen molar-refractivity contribution in [1.82, 2.24) is 0 Å². The predicted molar refractivity (Wildman–Crippen MR) is 176 cm³/mol. The number of alkyl halides is 18. The molecule has 0 amide bonds. The van der Waals surface area contributed by atoms with Gasteiger partial charge in [-0.1, -0.05) is 30.3 Å². The highest BCUT2D eigenvalue weighted by Crippen LogP contribution is 2.46. The predicted octanol–water partition coefficient (Wildman–Crippen LogP) is 11.1. The summed E-state index contributed by atoms with van der Waals surface area (Å²) in [7, 11) is -5.12. The Bertz CT molecular complexity index is 2180. The fourth-order valence-corrected chi connectivity index (χ4v) is 6.60. The molecule has 4 rings (SSSR count). The van der Waals surface area contributed by atoms with Crippen molar-refractivity contribution < 1.29 is 92.0 Å². The van der Waals surface area contributed by atoms with Crippen molar-refractivity contribution in [3.8, 4) is 0 Å². The lowest BCUT2D eigenvalue weighted by Gasteiger charge is -2.30. The topological polar surface area (TPSA) is 72.9 Å². The summed E-state index contributed by atoms with van der Waals surface area (Å²) in [5, 5.41) is 1.04. The largest absolute Gasteiger partial charge is 0.416 e. The van der Waals surface area contributed by atoms with E-state index in [1.807, 2.05) is 5.32 Å². The molecule has 0 fully saturated rings. The van der Waals surface area contributed by atoms with Gasteiger partial charge in [0.1, 0.15) is 32.7 Å². The Morgan fingerprint density at radius 1 is 0.525 bits per heavy atom. The summed E-state index contributed by atoms with van der Waals surface area (Å²) in [5.74, 6) is -2.01. The van der Waals surface area contributed by atoms with Crippen LogP contribution in [-0.2, 0) is 16.3 Å². The van der Waals surface area contributed by atoms with E-state index in [9.17, 15) is 92.0 Å². The minimum Gasteiger partial charge on any atom is -0.376 e. The van der Waals surface area contributed by atoms with E-state index in [4.69, 9.17) is 0 Å². The SMILES string of the molecule is O=S(=O)(O)c1ccc2c(C(c3ccc(N(CC(F)(F)F)CC(F)(F)F)cc3)c3ccc(N(CC(F)(F)F)CC(F)(F)F)cc3C(F)(F)F)ccc(NCC(F)(F)F)c2c1. The molecule has 4 aromatic rings. The van der Waals surface area contributed by atoms with Gasteiger partial charge in [0.25, 0.3) is 10.1 Å². The Kier molecular flexibility index (Phi) is 13.0. The molecule has 1 atom stereocenters. The third-order valence-electron chi connectivity index (χ3n) is 8.20. The van der Waals surface area contributed by atoms with Crippen LogP contribution in [0, 0.1) is 0 Å². The number of hydrogen-bond donors (Lipinski definition) is 2. The van der Waals surface area contributed by atoms with Gasteiger partial charge in [-0.25, -0.2) is 0 Å². The molecule has 0 aliphatic heterocycles. The highest BCUT2D eigenvalue weighted by molar-refractivity contribution is 7.85. The monoisotopic (exact) mass is 897 g/mol. The van der Waals surface area contributed by atoms with Crippen LogP contribution in [0.3, 0.4) is 0 Å². The summed E-state index contributed by atoms with van der Waals surface area (Å²) < 4.78 is 278.